The van der Waals surface area contributed by atoms with Crippen molar-refractivity contribution >= 4 is 23.1 Å². The predicted molar refractivity (Wildman–Crippen MR) is 108 cm³/mol. The average Bonchev–Trinajstić information content (AvgIpc) is 2.61. The van der Waals surface area contributed by atoms with Gasteiger partial charge in [0.1, 0.15) is 5.82 Å². The number of nitrogens with one attached hydrogen (secondary N) is 2. The minimum atomic E-state index is 0.633. The van der Waals surface area contributed by atoms with Crippen LogP contribution in [0.25, 0.3) is 0 Å². The fraction of sp³-hybridized carbons (Fsp3) is 0.500. The van der Waals surface area contributed by atoms with Gasteiger partial charge in [0, 0.05) is 42.8 Å². The fourth-order valence-electron chi connectivity index (χ4n) is 2.78. The molecule has 0 amide bonds. The number of benzene rings is 1. The maximum absolute atomic E-state index is 4.57. The Hall–Kier alpha value is -2.30. The SMILES string of the molecule is CCCCCNc1cc(C)nc(Nc2ccc(N(CC)CC)cc2)n1. The summed E-state index contributed by atoms with van der Waals surface area (Å²) >= 11 is 0. The second-order valence-electron chi connectivity index (χ2n) is 6.20. The topological polar surface area (TPSA) is 53.1 Å². The van der Waals surface area contributed by atoms with Gasteiger partial charge < -0.3 is 15.5 Å². The molecule has 0 saturated heterocycles. The molecule has 0 unspecified atom stereocenters. The third kappa shape index (κ3) is 5.93. The minimum absolute atomic E-state index is 0.633. The zero-order valence-electron chi connectivity index (χ0n) is 16.0. The predicted octanol–water partition coefficient (Wildman–Crippen LogP) is 4.98. The standard InChI is InChI=1S/C20H31N5/c1-5-8-9-14-21-19-15-16(4)22-20(24-19)23-17-10-12-18(13-11-17)25(6-2)7-3/h10-13,15H,5-9,14H2,1-4H3,(H2,21,22,23,24). The van der Waals surface area contributed by atoms with Crippen molar-refractivity contribution in [2.24, 2.45) is 0 Å². The lowest BCUT2D eigenvalue weighted by atomic mass is 10.2. The monoisotopic (exact) mass is 341 g/mol. The van der Waals surface area contributed by atoms with Crippen LogP contribution in [-0.2, 0) is 0 Å². The summed E-state index contributed by atoms with van der Waals surface area (Å²) in [5, 5.41) is 6.70. The van der Waals surface area contributed by atoms with Crippen LogP contribution >= 0.6 is 0 Å². The van der Waals surface area contributed by atoms with Gasteiger partial charge in [0.05, 0.1) is 0 Å². The molecular weight excluding hydrogens is 310 g/mol. The van der Waals surface area contributed by atoms with Gasteiger partial charge in [-0.2, -0.15) is 4.98 Å². The molecule has 0 aliphatic rings. The summed E-state index contributed by atoms with van der Waals surface area (Å²) < 4.78 is 0. The number of nitrogens with zero attached hydrogens (tertiary/aromatic N) is 3. The van der Waals surface area contributed by atoms with Crippen LogP contribution in [0.5, 0.6) is 0 Å². The van der Waals surface area contributed by atoms with Crippen LogP contribution in [0.2, 0.25) is 0 Å². The van der Waals surface area contributed by atoms with Gasteiger partial charge in [-0.3, -0.25) is 0 Å². The summed E-state index contributed by atoms with van der Waals surface area (Å²) in [6.45, 7) is 11.5. The van der Waals surface area contributed by atoms with Crippen LogP contribution in [0.3, 0.4) is 0 Å². The van der Waals surface area contributed by atoms with Gasteiger partial charge in [0.15, 0.2) is 0 Å². The molecule has 1 aromatic carbocycles. The molecule has 0 fully saturated rings. The van der Waals surface area contributed by atoms with Gasteiger partial charge in [-0.05, 0) is 51.5 Å². The normalized spacial score (nSPS) is 10.6. The van der Waals surface area contributed by atoms with E-state index >= 15 is 0 Å². The van der Waals surface area contributed by atoms with Gasteiger partial charge in [-0.15, -0.1) is 0 Å². The Labute approximate surface area is 151 Å². The summed E-state index contributed by atoms with van der Waals surface area (Å²) in [7, 11) is 0. The molecule has 2 rings (SSSR count). The highest BCUT2D eigenvalue weighted by Gasteiger charge is 2.05. The molecule has 1 aromatic heterocycles. The molecule has 0 atom stereocenters. The molecule has 2 N–H and O–H groups in total. The molecule has 0 aliphatic carbocycles. The van der Waals surface area contributed by atoms with Crippen molar-refractivity contribution in [1.82, 2.24) is 9.97 Å². The van der Waals surface area contributed by atoms with Gasteiger partial charge >= 0.3 is 0 Å². The van der Waals surface area contributed by atoms with Crippen LogP contribution in [0.15, 0.2) is 30.3 Å². The third-order valence-electron chi connectivity index (χ3n) is 4.19. The smallest absolute Gasteiger partial charge is 0.229 e. The number of anilines is 4. The van der Waals surface area contributed by atoms with E-state index in [4.69, 9.17) is 0 Å². The summed E-state index contributed by atoms with van der Waals surface area (Å²) in [4.78, 5) is 11.4. The molecule has 1 heterocycles. The van der Waals surface area contributed by atoms with Crippen LogP contribution in [0.1, 0.15) is 45.7 Å². The van der Waals surface area contributed by atoms with E-state index in [9.17, 15) is 0 Å². The van der Waals surface area contributed by atoms with Gasteiger partial charge in [0.2, 0.25) is 5.95 Å². The number of hydrogen-bond acceptors (Lipinski definition) is 5. The molecule has 0 aliphatic heterocycles. The third-order valence-corrected chi connectivity index (χ3v) is 4.19. The van der Waals surface area contributed by atoms with Crippen molar-refractivity contribution in [2.75, 3.05) is 35.2 Å². The summed E-state index contributed by atoms with van der Waals surface area (Å²) in [5.41, 5.74) is 3.19. The lowest BCUT2D eigenvalue weighted by Gasteiger charge is -2.21. The summed E-state index contributed by atoms with van der Waals surface area (Å²) in [6.07, 6.45) is 3.62. The quantitative estimate of drug-likeness (QED) is 0.597. The first-order valence-electron chi connectivity index (χ1n) is 9.37. The Morgan fingerprint density at radius 3 is 2.32 bits per heavy atom. The second kappa shape index (κ2) is 9.87. The van der Waals surface area contributed by atoms with Crippen LogP contribution < -0.4 is 15.5 Å². The molecule has 136 valence electrons. The minimum Gasteiger partial charge on any atom is -0.372 e. The van der Waals surface area contributed by atoms with Gasteiger partial charge in [-0.25, -0.2) is 4.98 Å². The van der Waals surface area contributed by atoms with Crippen LogP contribution in [-0.4, -0.2) is 29.6 Å². The Balaban J connectivity index is 2.02. The Morgan fingerprint density at radius 1 is 0.960 bits per heavy atom. The molecule has 5 heteroatoms. The molecule has 0 radical (unpaired) electrons. The highest BCUT2D eigenvalue weighted by atomic mass is 15.1. The van der Waals surface area contributed by atoms with Crippen molar-refractivity contribution in [3.63, 3.8) is 0 Å². The molecule has 0 saturated carbocycles. The van der Waals surface area contributed by atoms with Crippen molar-refractivity contribution < 1.29 is 0 Å². The van der Waals surface area contributed by atoms with E-state index in [1.165, 1.54) is 18.5 Å². The van der Waals surface area contributed by atoms with E-state index < -0.39 is 0 Å². The summed E-state index contributed by atoms with van der Waals surface area (Å²) in [5.74, 6) is 1.51. The van der Waals surface area contributed by atoms with E-state index in [1.807, 2.05) is 13.0 Å². The highest BCUT2D eigenvalue weighted by molar-refractivity contribution is 5.60. The molecule has 0 bridgehead atoms. The van der Waals surface area contributed by atoms with Crippen molar-refractivity contribution in [1.29, 1.82) is 0 Å². The van der Waals surface area contributed by atoms with Crippen molar-refractivity contribution in [3.8, 4) is 0 Å². The molecule has 0 spiro atoms. The van der Waals surface area contributed by atoms with Crippen LogP contribution in [0, 0.1) is 6.92 Å². The Morgan fingerprint density at radius 2 is 1.68 bits per heavy atom. The zero-order chi connectivity index (χ0) is 18.1. The maximum atomic E-state index is 4.57. The van der Waals surface area contributed by atoms with Crippen LogP contribution in [0.4, 0.5) is 23.1 Å². The first kappa shape index (κ1) is 19.0. The maximum Gasteiger partial charge on any atom is 0.229 e. The molecule has 2 aromatic rings. The largest absolute Gasteiger partial charge is 0.372 e. The number of aryl methyl sites for hydroxylation is 1. The Kier molecular flexibility index (Phi) is 7.51. The lowest BCUT2D eigenvalue weighted by molar-refractivity contribution is 0.742. The van der Waals surface area contributed by atoms with E-state index in [0.29, 0.717) is 5.95 Å². The Bertz CT molecular complexity index is 635. The number of unbranched alkanes of at least 4 members (excludes halogenated alkanes) is 2. The van der Waals surface area contributed by atoms with Gasteiger partial charge in [0.25, 0.3) is 0 Å². The van der Waals surface area contributed by atoms with Gasteiger partial charge in [-0.1, -0.05) is 19.8 Å². The molecule has 5 nitrogen and oxygen atoms in total. The van der Waals surface area contributed by atoms with E-state index in [1.54, 1.807) is 0 Å². The van der Waals surface area contributed by atoms with Crippen molar-refractivity contribution in [3.05, 3.63) is 36.0 Å². The van der Waals surface area contributed by atoms with E-state index in [-0.39, 0.29) is 0 Å². The number of hydrogen-bond donors (Lipinski definition) is 2. The molecule has 25 heavy (non-hydrogen) atoms. The van der Waals surface area contributed by atoms with E-state index in [0.717, 1.165) is 43.3 Å². The average molecular weight is 342 g/mol. The fourth-order valence-corrected chi connectivity index (χ4v) is 2.78. The lowest BCUT2D eigenvalue weighted by Crippen LogP contribution is -2.21. The number of aromatic nitrogens is 2. The second-order valence-corrected chi connectivity index (χ2v) is 6.20. The highest BCUT2D eigenvalue weighted by Crippen LogP contribution is 2.20. The molecular formula is C20H31N5. The van der Waals surface area contributed by atoms with E-state index in [2.05, 4.69) is 70.5 Å². The van der Waals surface area contributed by atoms with Crippen molar-refractivity contribution in [2.45, 2.75) is 47.0 Å². The first-order chi connectivity index (χ1) is 12.2. The zero-order valence-corrected chi connectivity index (χ0v) is 16.0. The number of rotatable bonds is 10. The first-order valence-corrected chi connectivity index (χ1v) is 9.37. The summed E-state index contributed by atoms with van der Waals surface area (Å²) in [6, 6.07) is 10.4.